The van der Waals surface area contributed by atoms with Gasteiger partial charge in [0.25, 0.3) is 0 Å². The van der Waals surface area contributed by atoms with Crippen molar-refractivity contribution in [3.05, 3.63) is 29.8 Å². The molecule has 1 aliphatic rings. The van der Waals surface area contributed by atoms with Crippen LogP contribution in [0.25, 0.3) is 0 Å². The van der Waals surface area contributed by atoms with Gasteiger partial charge in [0.2, 0.25) is 5.91 Å². The number of phenols is 1. The van der Waals surface area contributed by atoms with Crippen LogP contribution in [0.5, 0.6) is 5.75 Å². The second-order valence-electron chi connectivity index (χ2n) is 4.45. The maximum absolute atomic E-state index is 11.8. The number of nitrogens with zero attached hydrogens (tertiary/aromatic N) is 1. The van der Waals surface area contributed by atoms with Crippen LogP contribution in [-0.2, 0) is 9.59 Å². The molecule has 0 aromatic heterocycles. The van der Waals surface area contributed by atoms with Crippen LogP contribution >= 0.6 is 0 Å². The van der Waals surface area contributed by atoms with E-state index in [1.807, 2.05) is 0 Å². The summed E-state index contributed by atoms with van der Waals surface area (Å²) in [6, 6.07) is 4.70. The Kier molecular flexibility index (Phi) is 3.43. The van der Waals surface area contributed by atoms with Gasteiger partial charge in [0.1, 0.15) is 5.75 Å². The highest BCUT2D eigenvalue weighted by atomic mass is 16.4. The molecule has 1 aromatic rings. The maximum Gasteiger partial charge on any atom is 0.331 e. The molecule has 0 bridgehead atoms. The number of aromatic hydroxyl groups is 1. The molecule has 2 rings (SSSR count). The number of likely N-dealkylation sites (tertiary alicyclic amines) is 1. The molecule has 1 fully saturated rings. The third-order valence-electron chi connectivity index (χ3n) is 3.15. The molecular weight excluding hydrogens is 246 g/mol. The van der Waals surface area contributed by atoms with E-state index in [4.69, 9.17) is 6.42 Å². The quantitative estimate of drug-likeness (QED) is 0.794. The molecule has 5 nitrogen and oxygen atoms in total. The van der Waals surface area contributed by atoms with Crippen molar-refractivity contribution in [2.24, 2.45) is 5.92 Å². The second-order valence-corrected chi connectivity index (χ2v) is 4.45. The van der Waals surface area contributed by atoms with Gasteiger partial charge in [-0.15, -0.1) is 12.3 Å². The van der Waals surface area contributed by atoms with E-state index in [0.717, 1.165) is 0 Å². The molecule has 0 aliphatic carbocycles. The highest BCUT2D eigenvalue weighted by Crippen LogP contribution is 2.29. The number of amides is 1. The minimum absolute atomic E-state index is 0.0436. The van der Waals surface area contributed by atoms with Crippen molar-refractivity contribution in [3.8, 4) is 18.1 Å². The number of rotatable bonds is 3. The first-order valence-corrected chi connectivity index (χ1v) is 5.80. The van der Waals surface area contributed by atoms with Gasteiger partial charge in [0, 0.05) is 18.9 Å². The Balaban J connectivity index is 2.32. The largest absolute Gasteiger partial charge is 0.508 e. The first kappa shape index (κ1) is 13.0. The van der Waals surface area contributed by atoms with Crippen molar-refractivity contribution >= 4 is 11.9 Å². The van der Waals surface area contributed by atoms with Crippen LogP contribution in [0.3, 0.4) is 0 Å². The summed E-state index contributed by atoms with van der Waals surface area (Å²) in [5.41, 5.74) is 0.441. The summed E-state index contributed by atoms with van der Waals surface area (Å²) in [5, 5.41) is 18.5. The fourth-order valence-electron chi connectivity index (χ4n) is 2.21. The van der Waals surface area contributed by atoms with Crippen LogP contribution in [0.1, 0.15) is 18.0 Å². The summed E-state index contributed by atoms with van der Waals surface area (Å²) in [6.45, 7) is 0.243. The van der Waals surface area contributed by atoms with E-state index in [1.54, 1.807) is 0 Å². The predicted molar refractivity (Wildman–Crippen MR) is 67.1 cm³/mol. The molecule has 1 amide bonds. The van der Waals surface area contributed by atoms with Crippen molar-refractivity contribution in [2.45, 2.75) is 12.5 Å². The Hall–Kier alpha value is -2.48. The van der Waals surface area contributed by atoms with Crippen LogP contribution in [0.4, 0.5) is 0 Å². The van der Waals surface area contributed by atoms with Gasteiger partial charge in [-0.2, -0.15) is 0 Å². The lowest BCUT2D eigenvalue weighted by Gasteiger charge is -2.24. The smallest absolute Gasteiger partial charge is 0.331 e. The monoisotopic (exact) mass is 259 g/mol. The average molecular weight is 259 g/mol. The number of carbonyl (C=O) groups excluding carboxylic acids is 1. The molecule has 2 atom stereocenters. The Morgan fingerprint density at radius 2 is 2.05 bits per heavy atom. The second kappa shape index (κ2) is 5.02. The number of terminal acetylenes is 1. The Morgan fingerprint density at radius 1 is 1.42 bits per heavy atom. The van der Waals surface area contributed by atoms with E-state index in [0.29, 0.717) is 5.56 Å². The molecule has 2 N–H and O–H groups in total. The molecule has 2 unspecified atom stereocenters. The summed E-state index contributed by atoms with van der Waals surface area (Å²) in [6.07, 6.45) is 5.46. The van der Waals surface area contributed by atoms with Crippen LogP contribution in [0.15, 0.2) is 24.3 Å². The van der Waals surface area contributed by atoms with E-state index in [1.165, 1.54) is 29.2 Å². The molecule has 1 aliphatic heterocycles. The van der Waals surface area contributed by atoms with Crippen LogP contribution < -0.4 is 0 Å². The predicted octanol–water partition coefficient (Wildman–Crippen LogP) is 1.000. The molecule has 1 saturated heterocycles. The number of benzene rings is 1. The van der Waals surface area contributed by atoms with Gasteiger partial charge >= 0.3 is 5.97 Å². The standard InChI is InChI=1S/C14H13NO4/c1-2-9-7-12(17)15(8-9)13(14(18)19)10-3-5-11(16)6-4-10/h1,3-6,9,13,16H,7-8H2,(H,18,19). The van der Waals surface area contributed by atoms with Crippen LogP contribution in [-0.4, -0.2) is 33.5 Å². The van der Waals surface area contributed by atoms with Gasteiger partial charge in [-0.25, -0.2) is 4.79 Å². The zero-order valence-electron chi connectivity index (χ0n) is 10.1. The van der Waals surface area contributed by atoms with Gasteiger partial charge in [-0.3, -0.25) is 4.79 Å². The van der Waals surface area contributed by atoms with E-state index in [-0.39, 0.29) is 30.5 Å². The van der Waals surface area contributed by atoms with Crippen molar-refractivity contribution in [1.82, 2.24) is 4.90 Å². The molecule has 1 aromatic carbocycles. The molecule has 0 radical (unpaired) electrons. The molecule has 0 spiro atoms. The molecule has 19 heavy (non-hydrogen) atoms. The lowest BCUT2D eigenvalue weighted by molar-refractivity contribution is -0.148. The number of carbonyl (C=O) groups is 2. The first-order valence-electron chi connectivity index (χ1n) is 5.80. The normalized spacial score (nSPS) is 20.1. The molecule has 5 heteroatoms. The first-order chi connectivity index (χ1) is 9.02. The van der Waals surface area contributed by atoms with Gasteiger partial charge in [-0.1, -0.05) is 12.1 Å². The minimum Gasteiger partial charge on any atom is -0.508 e. The summed E-state index contributed by atoms with van der Waals surface area (Å²) >= 11 is 0. The fraction of sp³-hybridized carbons (Fsp3) is 0.286. The lowest BCUT2D eigenvalue weighted by atomic mass is 10.1. The third kappa shape index (κ3) is 2.52. The summed E-state index contributed by atoms with van der Waals surface area (Å²) in [4.78, 5) is 24.5. The summed E-state index contributed by atoms with van der Waals surface area (Å²) in [5.74, 6) is 0.908. The van der Waals surface area contributed by atoms with Crippen molar-refractivity contribution in [1.29, 1.82) is 0 Å². The third-order valence-corrected chi connectivity index (χ3v) is 3.15. The zero-order chi connectivity index (χ0) is 14.0. The molecular formula is C14H13NO4. The SMILES string of the molecule is C#CC1CC(=O)N(C(C(=O)O)c2ccc(O)cc2)C1. The van der Waals surface area contributed by atoms with Gasteiger partial charge in [0.05, 0.1) is 0 Å². The number of aliphatic carboxylic acids is 1. The fourth-order valence-corrected chi connectivity index (χ4v) is 2.21. The number of phenolic OH excluding ortho intramolecular Hbond substituents is 1. The van der Waals surface area contributed by atoms with Crippen molar-refractivity contribution in [2.75, 3.05) is 6.54 Å². The topological polar surface area (TPSA) is 77.8 Å². The molecule has 98 valence electrons. The molecule has 0 saturated carbocycles. The van der Waals surface area contributed by atoms with Gasteiger partial charge in [0.15, 0.2) is 6.04 Å². The average Bonchev–Trinajstić information content (AvgIpc) is 2.73. The highest BCUT2D eigenvalue weighted by molar-refractivity contribution is 5.86. The number of carboxylic acid groups (broad SMARTS) is 1. The van der Waals surface area contributed by atoms with Crippen LogP contribution in [0, 0.1) is 18.3 Å². The highest BCUT2D eigenvalue weighted by Gasteiger charge is 2.37. The lowest BCUT2D eigenvalue weighted by Crippen LogP contribution is -2.35. The van der Waals surface area contributed by atoms with Gasteiger partial charge in [-0.05, 0) is 17.7 Å². The van der Waals surface area contributed by atoms with E-state index >= 15 is 0 Å². The molecule has 1 heterocycles. The van der Waals surface area contributed by atoms with E-state index < -0.39 is 12.0 Å². The maximum atomic E-state index is 11.8. The minimum atomic E-state index is -1.11. The van der Waals surface area contributed by atoms with Crippen molar-refractivity contribution < 1.29 is 19.8 Å². The van der Waals surface area contributed by atoms with E-state index in [9.17, 15) is 19.8 Å². The van der Waals surface area contributed by atoms with E-state index in [2.05, 4.69) is 5.92 Å². The number of hydrogen-bond donors (Lipinski definition) is 2. The zero-order valence-corrected chi connectivity index (χ0v) is 10.1. The Morgan fingerprint density at radius 3 is 2.53 bits per heavy atom. The Labute approximate surface area is 110 Å². The van der Waals surface area contributed by atoms with Crippen molar-refractivity contribution in [3.63, 3.8) is 0 Å². The van der Waals surface area contributed by atoms with Gasteiger partial charge < -0.3 is 15.1 Å². The Bertz CT molecular complexity index is 544. The number of hydrogen-bond acceptors (Lipinski definition) is 3. The summed E-state index contributed by atoms with van der Waals surface area (Å²) < 4.78 is 0. The number of carboxylic acids is 1. The van der Waals surface area contributed by atoms with Crippen LogP contribution in [0.2, 0.25) is 0 Å². The summed E-state index contributed by atoms with van der Waals surface area (Å²) in [7, 11) is 0.